The van der Waals surface area contributed by atoms with Crippen LogP contribution in [0, 0.1) is 5.92 Å². The zero-order valence-electron chi connectivity index (χ0n) is 12.5. The van der Waals surface area contributed by atoms with Crippen molar-refractivity contribution >= 4 is 5.96 Å². The standard InChI is InChI=1S/C14H30N4/c1-5-18-10-6-7-13(18)11-17-14(15-4)16-9-8-12(2)3/h12-13H,5-11H2,1-4H3,(H2,15,16,17). The molecule has 1 rings (SSSR count). The van der Waals surface area contributed by atoms with Gasteiger partial charge in [0.05, 0.1) is 0 Å². The minimum absolute atomic E-state index is 0.679. The smallest absolute Gasteiger partial charge is 0.191 e. The molecule has 1 fully saturated rings. The van der Waals surface area contributed by atoms with E-state index in [0.29, 0.717) is 6.04 Å². The topological polar surface area (TPSA) is 39.7 Å². The van der Waals surface area contributed by atoms with Gasteiger partial charge >= 0.3 is 0 Å². The number of nitrogens with one attached hydrogen (secondary N) is 2. The fourth-order valence-corrected chi connectivity index (χ4v) is 2.46. The third-order valence-corrected chi connectivity index (χ3v) is 3.65. The van der Waals surface area contributed by atoms with Gasteiger partial charge in [-0.15, -0.1) is 0 Å². The maximum Gasteiger partial charge on any atom is 0.191 e. The van der Waals surface area contributed by atoms with Crippen LogP contribution in [0.15, 0.2) is 4.99 Å². The molecule has 0 aliphatic carbocycles. The number of hydrogen-bond acceptors (Lipinski definition) is 2. The van der Waals surface area contributed by atoms with Crippen molar-refractivity contribution in [2.24, 2.45) is 10.9 Å². The fourth-order valence-electron chi connectivity index (χ4n) is 2.46. The van der Waals surface area contributed by atoms with Crippen molar-refractivity contribution in [2.45, 2.75) is 46.1 Å². The second-order valence-corrected chi connectivity index (χ2v) is 5.49. The summed E-state index contributed by atoms with van der Waals surface area (Å²) in [4.78, 5) is 6.82. The van der Waals surface area contributed by atoms with Gasteiger partial charge in [-0.25, -0.2) is 0 Å². The Morgan fingerprint density at radius 2 is 2.17 bits per heavy atom. The van der Waals surface area contributed by atoms with Crippen molar-refractivity contribution in [1.29, 1.82) is 0 Å². The van der Waals surface area contributed by atoms with E-state index in [-0.39, 0.29) is 0 Å². The lowest BCUT2D eigenvalue weighted by molar-refractivity contribution is 0.267. The van der Waals surface area contributed by atoms with Crippen LogP contribution in [0.3, 0.4) is 0 Å². The number of rotatable bonds is 6. The summed E-state index contributed by atoms with van der Waals surface area (Å²) in [5, 5.41) is 6.82. The summed E-state index contributed by atoms with van der Waals surface area (Å²) >= 11 is 0. The summed E-state index contributed by atoms with van der Waals surface area (Å²) in [7, 11) is 1.84. The van der Waals surface area contributed by atoms with Gasteiger partial charge in [0.1, 0.15) is 0 Å². The van der Waals surface area contributed by atoms with Gasteiger partial charge in [-0.1, -0.05) is 20.8 Å². The van der Waals surface area contributed by atoms with Crippen LogP contribution >= 0.6 is 0 Å². The summed E-state index contributed by atoms with van der Waals surface area (Å²) in [5.74, 6) is 1.68. The molecular weight excluding hydrogens is 224 g/mol. The van der Waals surface area contributed by atoms with Gasteiger partial charge in [0.2, 0.25) is 0 Å². The van der Waals surface area contributed by atoms with Crippen LogP contribution < -0.4 is 10.6 Å². The van der Waals surface area contributed by atoms with E-state index in [1.54, 1.807) is 0 Å². The Balaban J connectivity index is 2.23. The van der Waals surface area contributed by atoms with E-state index in [1.807, 2.05) is 7.05 Å². The molecule has 2 N–H and O–H groups in total. The van der Waals surface area contributed by atoms with Crippen molar-refractivity contribution in [3.8, 4) is 0 Å². The number of hydrogen-bond donors (Lipinski definition) is 2. The molecule has 0 radical (unpaired) electrons. The number of likely N-dealkylation sites (tertiary alicyclic amines) is 1. The molecule has 18 heavy (non-hydrogen) atoms. The second-order valence-electron chi connectivity index (χ2n) is 5.49. The highest BCUT2D eigenvalue weighted by Gasteiger charge is 2.22. The molecule has 1 unspecified atom stereocenters. The molecule has 0 bridgehead atoms. The van der Waals surface area contributed by atoms with Gasteiger partial charge in [0.25, 0.3) is 0 Å². The van der Waals surface area contributed by atoms with Crippen molar-refractivity contribution < 1.29 is 0 Å². The summed E-state index contributed by atoms with van der Waals surface area (Å²) in [6, 6.07) is 0.679. The summed E-state index contributed by atoms with van der Waals surface area (Å²) < 4.78 is 0. The summed E-state index contributed by atoms with van der Waals surface area (Å²) in [6.07, 6.45) is 3.83. The molecule has 1 heterocycles. The molecule has 0 aromatic carbocycles. The van der Waals surface area contributed by atoms with Crippen LogP contribution in [0.4, 0.5) is 0 Å². The lowest BCUT2D eigenvalue weighted by Crippen LogP contribution is -2.45. The van der Waals surface area contributed by atoms with E-state index in [2.05, 4.69) is 41.3 Å². The molecule has 0 saturated carbocycles. The predicted octanol–water partition coefficient (Wildman–Crippen LogP) is 1.68. The summed E-state index contributed by atoms with van der Waals surface area (Å²) in [5.41, 5.74) is 0. The van der Waals surface area contributed by atoms with Crippen LogP contribution in [-0.4, -0.2) is 50.1 Å². The highest BCUT2D eigenvalue weighted by atomic mass is 15.2. The van der Waals surface area contributed by atoms with Crippen LogP contribution in [0.25, 0.3) is 0 Å². The zero-order valence-corrected chi connectivity index (χ0v) is 12.5. The Hall–Kier alpha value is -0.770. The number of aliphatic imine (C=N–C) groups is 1. The van der Waals surface area contributed by atoms with E-state index < -0.39 is 0 Å². The highest BCUT2D eigenvalue weighted by Crippen LogP contribution is 2.15. The summed E-state index contributed by atoms with van der Waals surface area (Å²) in [6.45, 7) is 11.2. The molecule has 4 heteroatoms. The molecule has 0 aromatic heterocycles. The third kappa shape index (κ3) is 5.25. The molecule has 4 nitrogen and oxygen atoms in total. The molecule has 0 aromatic rings. The number of nitrogens with zero attached hydrogens (tertiary/aromatic N) is 2. The molecular formula is C14H30N4. The molecule has 106 valence electrons. The lowest BCUT2D eigenvalue weighted by Gasteiger charge is -2.24. The van der Waals surface area contributed by atoms with E-state index in [4.69, 9.17) is 0 Å². The second kappa shape index (κ2) is 8.35. The Kier molecular flexibility index (Phi) is 7.09. The first-order valence-corrected chi connectivity index (χ1v) is 7.36. The van der Waals surface area contributed by atoms with Crippen LogP contribution in [0.2, 0.25) is 0 Å². The lowest BCUT2D eigenvalue weighted by atomic mass is 10.1. The van der Waals surface area contributed by atoms with Crippen molar-refractivity contribution in [1.82, 2.24) is 15.5 Å². The van der Waals surface area contributed by atoms with E-state index in [0.717, 1.165) is 31.5 Å². The quantitative estimate of drug-likeness (QED) is 0.560. The minimum atomic E-state index is 0.679. The van der Waals surface area contributed by atoms with Crippen LogP contribution in [0.1, 0.15) is 40.0 Å². The van der Waals surface area contributed by atoms with Gasteiger partial charge in [-0.3, -0.25) is 9.89 Å². The SMILES string of the molecule is CCN1CCCC1CNC(=NC)NCCC(C)C. The molecule has 1 aliphatic rings. The molecule has 1 saturated heterocycles. The largest absolute Gasteiger partial charge is 0.356 e. The van der Waals surface area contributed by atoms with Gasteiger partial charge in [-0.05, 0) is 38.3 Å². The molecule has 1 aliphatic heterocycles. The van der Waals surface area contributed by atoms with Crippen molar-refractivity contribution in [3.63, 3.8) is 0 Å². The Labute approximate surface area is 112 Å². The van der Waals surface area contributed by atoms with Gasteiger partial charge < -0.3 is 10.6 Å². The van der Waals surface area contributed by atoms with Crippen LogP contribution in [0.5, 0.6) is 0 Å². The first kappa shape index (κ1) is 15.3. The van der Waals surface area contributed by atoms with E-state index in [1.165, 1.54) is 25.8 Å². The fraction of sp³-hybridized carbons (Fsp3) is 0.929. The third-order valence-electron chi connectivity index (χ3n) is 3.65. The first-order chi connectivity index (χ1) is 8.67. The average molecular weight is 254 g/mol. The Bertz CT molecular complexity index is 250. The highest BCUT2D eigenvalue weighted by molar-refractivity contribution is 5.79. The normalized spacial score (nSPS) is 21.6. The van der Waals surface area contributed by atoms with E-state index >= 15 is 0 Å². The van der Waals surface area contributed by atoms with Gasteiger partial charge in [0.15, 0.2) is 5.96 Å². The Morgan fingerprint density at radius 1 is 1.39 bits per heavy atom. The monoisotopic (exact) mass is 254 g/mol. The molecule has 0 spiro atoms. The minimum Gasteiger partial charge on any atom is -0.356 e. The maximum absolute atomic E-state index is 4.27. The Morgan fingerprint density at radius 3 is 2.78 bits per heavy atom. The van der Waals surface area contributed by atoms with Crippen molar-refractivity contribution in [3.05, 3.63) is 0 Å². The van der Waals surface area contributed by atoms with E-state index in [9.17, 15) is 0 Å². The van der Waals surface area contributed by atoms with Crippen LogP contribution in [-0.2, 0) is 0 Å². The number of likely N-dealkylation sites (N-methyl/N-ethyl adjacent to an activating group) is 1. The maximum atomic E-state index is 4.27. The number of guanidine groups is 1. The molecule has 1 atom stereocenters. The van der Waals surface area contributed by atoms with Gasteiger partial charge in [0, 0.05) is 26.2 Å². The van der Waals surface area contributed by atoms with Gasteiger partial charge in [-0.2, -0.15) is 0 Å². The average Bonchev–Trinajstić information content (AvgIpc) is 2.80. The predicted molar refractivity (Wildman–Crippen MR) is 79.1 cm³/mol. The zero-order chi connectivity index (χ0) is 13.4. The molecule has 0 amide bonds. The van der Waals surface area contributed by atoms with Crippen molar-refractivity contribution in [2.75, 3.05) is 33.2 Å². The first-order valence-electron chi connectivity index (χ1n) is 7.36.